The molecule has 1 N–H and O–H groups in total. The molecule has 7 nitrogen and oxygen atoms in total. The molecule has 3 rings (SSSR count). The van der Waals surface area contributed by atoms with E-state index in [1.807, 2.05) is 41.1 Å². The summed E-state index contributed by atoms with van der Waals surface area (Å²) >= 11 is 0. The average Bonchev–Trinajstić information content (AvgIpc) is 3.12. The first-order valence-corrected chi connectivity index (χ1v) is 11.3. The van der Waals surface area contributed by atoms with Gasteiger partial charge in [0, 0.05) is 51.7 Å². The van der Waals surface area contributed by atoms with E-state index >= 15 is 0 Å². The summed E-state index contributed by atoms with van der Waals surface area (Å²) in [6, 6.07) is 7.73. The Bertz CT molecular complexity index is 770. The third kappa shape index (κ3) is 6.20. The molecule has 0 unspecified atom stereocenters. The van der Waals surface area contributed by atoms with Crippen molar-refractivity contribution in [1.29, 1.82) is 0 Å². The lowest BCUT2D eigenvalue weighted by Gasteiger charge is -2.32. The van der Waals surface area contributed by atoms with E-state index in [1.165, 1.54) is 0 Å². The number of ether oxygens (including phenoxy) is 1. The van der Waals surface area contributed by atoms with E-state index in [1.54, 1.807) is 7.11 Å². The molecule has 31 heavy (non-hydrogen) atoms. The number of nitrogens with zero attached hydrogens (tertiary/aromatic N) is 3. The standard InChI is InChI=1S/C24H38N4O3/c1-24(2,3)15-22(29)28(16-18-7-6-8-20(13-18)31-5)19-14-21(26(4)17-19)23(30)27-11-9-25-10-12-27/h6-8,13,19,21,25H,9-12,14-17H2,1-5H3/t19-,21-/m0/s1. The molecule has 2 amide bonds. The Morgan fingerprint density at radius 1 is 1.23 bits per heavy atom. The molecule has 0 aromatic heterocycles. The summed E-state index contributed by atoms with van der Waals surface area (Å²) < 4.78 is 5.37. The van der Waals surface area contributed by atoms with Crippen LogP contribution in [0.4, 0.5) is 0 Å². The number of amides is 2. The van der Waals surface area contributed by atoms with E-state index < -0.39 is 0 Å². The van der Waals surface area contributed by atoms with E-state index in [4.69, 9.17) is 4.74 Å². The van der Waals surface area contributed by atoms with Crippen LogP contribution in [-0.4, -0.2) is 85.5 Å². The smallest absolute Gasteiger partial charge is 0.240 e. The summed E-state index contributed by atoms with van der Waals surface area (Å²) in [7, 11) is 3.66. The van der Waals surface area contributed by atoms with Gasteiger partial charge in [-0.1, -0.05) is 32.9 Å². The SMILES string of the molecule is COc1cccc(CN(C(=O)CC(C)(C)C)[C@H]2C[C@@H](C(=O)N3CCNCC3)N(C)C2)c1. The third-order valence-electron chi connectivity index (χ3n) is 6.17. The third-order valence-corrected chi connectivity index (χ3v) is 6.17. The van der Waals surface area contributed by atoms with Crippen LogP contribution in [0, 0.1) is 5.41 Å². The summed E-state index contributed by atoms with van der Waals surface area (Å²) in [5, 5.41) is 3.30. The van der Waals surface area contributed by atoms with Crippen molar-refractivity contribution in [2.45, 2.75) is 52.2 Å². The Morgan fingerprint density at radius 3 is 2.58 bits per heavy atom. The average molecular weight is 431 g/mol. The lowest BCUT2D eigenvalue weighted by molar-refractivity contribution is -0.137. The zero-order chi connectivity index (χ0) is 22.6. The molecule has 0 aliphatic carbocycles. The Balaban J connectivity index is 1.77. The van der Waals surface area contributed by atoms with Gasteiger partial charge in [0.05, 0.1) is 13.2 Å². The number of carbonyl (C=O) groups is 2. The van der Waals surface area contributed by atoms with Gasteiger partial charge in [0.1, 0.15) is 5.75 Å². The van der Waals surface area contributed by atoms with Crippen molar-refractivity contribution < 1.29 is 14.3 Å². The predicted octanol–water partition coefficient (Wildman–Crippen LogP) is 1.96. The second-order valence-electron chi connectivity index (χ2n) is 10.0. The number of methoxy groups -OCH3 is 1. The largest absolute Gasteiger partial charge is 0.497 e. The highest BCUT2D eigenvalue weighted by Gasteiger charge is 2.41. The fourth-order valence-electron chi connectivity index (χ4n) is 4.53. The number of benzene rings is 1. The zero-order valence-electron chi connectivity index (χ0n) is 19.7. The van der Waals surface area contributed by atoms with Crippen molar-refractivity contribution in [3.63, 3.8) is 0 Å². The number of nitrogens with one attached hydrogen (secondary N) is 1. The van der Waals surface area contributed by atoms with Gasteiger partial charge in [-0.3, -0.25) is 14.5 Å². The molecule has 0 saturated carbocycles. The number of piperazine rings is 1. The van der Waals surface area contributed by atoms with Gasteiger partial charge in [-0.05, 0) is 36.6 Å². The van der Waals surface area contributed by atoms with E-state index in [0.29, 0.717) is 25.9 Å². The van der Waals surface area contributed by atoms with Gasteiger partial charge in [0.2, 0.25) is 11.8 Å². The molecule has 2 atom stereocenters. The number of rotatable bonds is 6. The van der Waals surface area contributed by atoms with Crippen LogP contribution in [0.2, 0.25) is 0 Å². The number of hydrogen-bond acceptors (Lipinski definition) is 5. The molecule has 0 spiro atoms. The Labute approximate surface area is 186 Å². The van der Waals surface area contributed by atoms with Crippen LogP contribution in [-0.2, 0) is 16.1 Å². The van der Waals surface area contributed by atoms with Crippen molar-refractivity contribution in [2.75, 3.05) is 46.9 Å². The summed E-state index contributed by atoms with van der Waals surface area (Å²) in [6.07, 6.45) is 1.16. The lowest BCUT2D eigenvalue weighted by Crippen LogP contribution is -2.51. The second kappa shape index (κ2) is 10.0. The van der Waals surface area contributed by atoms with Gasteiger partial charge >= 0.3 is 0 Å². The highest BCUT2D eigenvalue weighted by molar-refractivity contribution is 5.83. The van der Waals surface area contributed by atoms with Crippen molar-refractivity contribution in [1.82, 2.24) is 20.0 Å². The van der Waals surface area contributed by atoms with E-state index in [2.05, 4.69) is 31.0 Å². The molecule has 2 heterocycles. The monoisotopic (exact) mass is 430 g/mol. The highest BCUT2D eigenvalue weighted by Crippen LogP contribution is 2.28. The zero-order valence-corrected chi connectivity index (χ0v) is 19.7. The van der Waals surface area contributed by atoms with Crippen molar-refractivity contribution in [3.8, 4) is 5.75 Å². The highest BCUT2D eigenvalue weighted by atomic mass is 16.5. The van der Waals surface area contributed by atoms with Gasteiger partial charge in [-0.15, -0.1) is 0 Å². The fraction of sp³-hybridized carbons (Fsp3) is 0.667. The number of carbonyl (C=O) groups excluding carboxylic acids is 2. The van der Waals surface area contributed by atoms with E-state index in [-0.39, 0.29) is 29.3 Å². The number of likely N-dealkylation sites (N-methyl/N-ethyl adjacent to an activating group) is 1. The summed E-state index contributed by atoms with van der Waals surface area (Å²) in [5.74, 6) is 1.12. The number of hydrogen-bond donors (Lipinski definition) is 1. The molecule has 7 heteroatoms. The molecule has 172 valence electrons. The van der Waals surface area contributed by atoms with Crippen LogP contribution in [0.1, 0.15) is 39.2 Å². The molecule has 2 fully saturated rings. The first-order valence-electron chi connectivity index (χ1n) is 11.3. The topological polar surface area (TPSA) is 65.1 Å². The summed E-state index contributed by atoms with van der Waals surface area (Å²) in [4.78, 5) is 32.6. The second-order valence-corrected chi connectivity index (χ2v) is 10.0. The number of likely N-dealkylation sites (tertiary alicyclic amines) is 1. The molecule has 0 bridgehead atoms. The Morgan fingerprint density at radius 2 is 1.94 bits per heavy atom. The minimum Gasteiger partial charge on any atom is -0.497 e. The quantitative estimate of drug-likeness (QED) is 0.748. The molecule has 1 aromatic rings. The molecule has 2 aliphatic heterocycles. The minimum atomic E-state index is -0.168. The van der Waals surface area contributed by atoms with Crippen LogP contribution in [0.25, 0.3) is 0 Å². The first kappa shape index (κ1) is 23.5. The van der Waals surface area contributed by atoms with Crippen molar-refractivity contribution in [2.24, 2.45) is 5.41 Å². The predicted molar refractivity (Wildman–Crippen MR) is 122 cm³/mol. The molecule has 2 saturated heterocycles. The maximum Gasteiger partial charge on any atom is 0.240 e. The lowest BCUT2D eigenvalue weighted by atomic mass is 9.91. The van der Waals surface area contributed by atoms with Crippen LogP contribution >= 0.6 is 0 Å². The van der Waals surface area contributed by atoms with Crippen LogP contribution < -0.4 is 10.1 Å². The van der Waals surface area contributed by atoms with Crippen LogP contribution in [0.15, 0.2) is 24.3 Å². The van der Waals surface area contributed by atoms with E-state index in [0.717, 1.165) is 37.5 Å². The summed E-state index contributed by atoms with van der Waals surface area (Å²) in [6.45, 7) is 10.7. The molecular formula is C24H38N4O3. The molecule has 1 aromatic carbocycles. The molecular weight excluding hydrogens is 392 g/mol. The van der Waals surface area contributed by atoms with Gasteiger partial charge in [0.15, 0.2) is 0 Å². The summed E-state index contributed by atoms with van der Waals surface area (Å²) in [5.41, 5.74) is 0.950. The maximum atomic E-state index is 13.4. The molecule has 2 aliphatic rings. The Hall–Kier alpha value is -2.12. The van der Waals surface area contributed by atoms with Gasteiger partial charge in [-0.2, -0.15) is 0 Å². The van der Waals surface area contributed by atoms with Gasteiger partial charge in [-0.25, -0.2) is 0 Å². The Kier molecular flexibility index (Phi) is 7.59. The van der Waals surface area contributed by atoms with Crippen LogP contribution in [0.5, 0.6) is 5.75 Å². The normalized spacial score (nSPS) is 22.4. The first-order chi connectivity index (χ1) is 14.7. The minimum absolute atomic E-state index is 0.0166. The van der Waals surface area contributed by atoms with E-state index in [9.17, 15) is 9.59 Å². The van der Waals surface area contributed by atoms with Gasteiger partial charge < -0.3 is 19.9 Å². The van der Waals surface area contributed by atoms with Crippen molar-refractivity contribution >= 4 is 11.8 Å². The van der Waals surface area contributed by atoms with Crippen LogP contribution in [0.3, 0.4) is 0 Å². The molecule has 0 radical (unpaired) electrons. The maximum absolute atomic E-state index is 13.4. The fourth-order valence-corrected chi connectivity index (χ4v) is 4.53. The van der Waals surface area contributed by atoms with Gasteiger partial charge in [0.25, 0.3) is 0 Å². The van der Waals surface area contributed by atoms with Crippen molar-refractivity contribution in [3.05, 3.63) is 29.8 Å².